The molecule has 3 aromatic carbocycles. The van der Waals surface area contributed by atoms with Gasteiger partial charge in [-0.15, -0.1) is 0 Å². The van der Waals surface area contributed by atoms with Gasteiger partial charge in [0, 0.05) is 23.8 Å². The average molecular weight is 445 g/mol. The number of hydrogen-bond donors (Lipinski definition) is 1. The first-order valence-electron chi connectivity index (χ1n) is 11.4. The van der Waals surface area contributed by atoms with Crippen molar-refractivity contribution in [3.05, 3.63) is 83.4 Å². The number of ether oxygens (including phenoxy) is 3. The Hall–Kier alpha value is -3.51. The minimum absolute atomic E-state index is 0.123. The molecule has 1 saturated heterocycles. The Bertz CT molecular complexity index is 1110. The maximum atomic E-state index is 12.6. The van der Waals surface area contributed by atoms with Crippen molar-refractivity contribution in [2.45, 2.75) is 25.4 Å². The Morgan fingerprint density at radius 3 is 2.52 bits per heavy atom. The van der Waals surface area contributed by atoms with Crippen molar-refractivity contribution in [3.63, 3.8) is 0 Å². The molecule has 3 aromatic rings. The van der Waals surface area contributed by atoms with Gasteiger partial charge in [0.1, 0.15) is 19.0 Å². The molecule has 0 unspecified atom stereocenters. The molecular formula is C27H28N2O4. The lowest BCUT2D eigenvalue weighted by Crippen LogP contribution is -2.23. The molecule has 1 amide bonds. The van der Waals surface area contributed by atoms with Crippen LogP contribution in [0.4, 0.5) is 5.69 Å². The van der Waals surface area contributed by atoms with E-state index in [-0.39, 0.29) is 5.91 Å². The van der Waals surface area contributed by atoms with Crippen LogP contribution in [-0.4, -0.2) is 37.7 Å². The number of rotatable bonds is 6. The monoisotopic (exact) mass is 444 g/mol. The number of nitrogens with one attached hydrogen (secondary N) is 1. The van der Waals surface area contributed by atoms with Crippen LogP contribution in [0, 0.1) is 0 Å². The molecule has 170 valence electrons. The van der Waals surface area contributed by atoms with Crippen molar-refractivity contribution in [3.8, 4) is 17.2 Å². The molecule has 6 heteroatoms. The summed E-state index contributed by atoms with van der Waals surface area (Å²) in [6.07, 6.45) is 2.30. The molecule has 0 aromatic heterocycles. The number of amides is 1. The Kier molecular flexibility index (Phi) is 6.17. The third kappa shape index (κ3) is 4.81. The third-order valence-corrected chi connectivity index (χ3v) is 6.26. The van der Waals surface area contributed by atoms with Crippen LogP contribution < -0.4 is 19.5 Å². The minimum atomic E-state index is -0.123. The summed E-state index contributed by atoms with van der Waals surface area (Å²) in [5.74, 6) is 2.31. The summed E-state index contributed by atoms with van der Waals surface area (Å²) >= 11 is 0. The molecule has 0 saturated carbocycles. The fourth-order valence-electron chi connectivity index (χ4n) is 4.53. The van der Waals surface area contributed by atoms with E-state index >= 15 is 0 Å². The molecule has 33 heavy (non-hydrogen) atoms. The largest absolute Gasteiger partial charge is 0.497 e. The van der Waals surface area contributed by atoms with Crippen LogP contribution in [0.25, 0.3) is 0 Å². The summed E-state index contributed by atoms with van der Waals surface area (Å²) < 4.78 is 16.6. The first kappa shape index (κ1) is 21.3. The number of anilines is 1. The molecule has 2 aliphatic heterocycles. The van der Waals surface area contributed by atoms with Crippen LogP contribution in [0.2, 0.25) is 0 Å². The topological polar surface area (TPSA) is 60.0 Å². The molecule has 1 fully saturated rings. The molecule has 6 nitrogen and oxygen atoms in total. The lowest BCUT2D eigenvalue weighted by atomic mass is 10.0. The van der Waals surface area contributed by atoms with E-state index in [1.807, 2.05) is 54.6 Å². The first-order chi connectivity index (χ1) is 16.2. The van der Waals surface area contributed by atoms with E-state index in [2.05, 4.69) is 22.3 Å². The molecular weight excluding hydrogens is 416 g/mol. The maximum Gasteiger partial charge on any atom is 0.255 e. The normalized spacial score (nSPS) is 17.5. The van der Waals surface area contributed by atoms with Crippen molar-refractivity contribution < 1.29 is 19.0 Å². The summed E-state index contributed by atoms with van der Waals surface area (Å²) in [5, 5.41) is 2.93. The van der Waals surface area contributed by atoms with E-state index < -0.39 is 0 Å². The van der Waals surface area contributed by atoms with Gasteiger partial charge in [-0.3, -0.25) is 9.69 Å². The van der Waals surface area contributed by atoms with Gasteiger partial charge in [0.15, 0.2) is 11.5 Å². The van der Waals surface area contributed by atoms with Crippen molar-refractivity contribution in [2.75, 3.05) is 32.2 Å². The highest BCUT2D eigenvalue weighted by molar-refractivity contribution is 6.04. The smallest absolute Gasteiger partial charge is 0.255 e. The number of nitrogens with zero attached hydrogens (tertiary/aromatic N) is 1. The molecule has 1 atom stereocenters. The highest BCUT2D eigenvalue weighted by Crippen LogP contribution is 2.38. The highest BCUT2D eigenvalue weighted by atomic mass is 16.6. The van der Waals surface area contributed by atoms with Gasteiger partial charge in [0.25, 0.3) is 5.91 Å². The van der Waals surface area contributed by atoms with Crippen LogP contribution in [0.15, 0.2) is 66.7 Å². The molecule has 2 heterocycles. The average Bonchev–Trinajstić information content (AvgIpc) is 3.32. The number of carbonyl (C=O) groups is 1. The summed E-state index contributed by atoms with van der Waals surface area (Å²) in [7, 11) is 1.62. The van der Waals surface area contributed by atoms with E-state index in [9.17, 15) is 4.79 Å². The fraction of sp³-hybridized carbons (Fsp3) is 0.296. The third-order valence-electron chi connectivity index (χ3n) is 6.26. The molecule has 0 radical (unpaired) electrons. The van der Waals surface area contributed by atoms with Crippen LogP contribution in [0.3, 0.4) is 0 Å². The lowest BCUT2D eigenvalue weighted by Gasteiger charge is -2.26. The van der Waals surface area contributed by atoms with Gasteiger partial charge < -0.3 is 19.5 Å². The van der Waals surface area contributed by atoms with E-state index in [1.54, 1.807) is 7.11 Å². The number of fused-ring (bicyclic) bond motifs is 1. The van der Waals surface area contributed by atoms with Gasteiger partial charge in [-0.25, -0.2) is 0 Å². The van der Waals surface area contributed by atoms with Crippen LogP contribution >= 0.6 is 0 Å². The molecule has 0 bridgehead atoms. The Morgan fingerprint density at radius 1 is 1.00 bits per heavy atom. The minimum Gasteiger partial charge on any atom is -0.497 e. The number of carbonyl (C=O) groups excluding carboxylic acids is 1. The maximum absolute atomic E-state index is 12.6. The Morgan fingerprint density at radius 2 is 1.76 bits per heavy atom. The van der Waals surface area contributed by atoms with Crippen LogP contribution in [0.1, 0.15) is 40.4 Å². The van der Waals surface area contributed by atoms with Gasteiger partial charge in [-0.2, -0.15) is 0 Å². The number of likely N-dealkylation sites (tertiary alicyclic amines) is 1. The van der Waals surface area contributed by atoms with Gasteiger partial charge in [0.05, 0.1) is 7.11 Å². The number of benzene rings is 3. The Labute approximate surface area is 194 Å². The second kappa shape index (κ2) is 9.55. The summed E-state index contributed by atoms with van der Waals surface area (Å²) in [6, 6.07) is 21.9. The van der Waals surface area contributed by atoms with E-state index in [0.29, 0.717) is 24.8 Å². The highest BCUT2D eigenvalue weighted by Gasteiger charge is 2.27. The van der Waals surface area contributed by atoms with Crippen molar-refractivity contribution in [1.29, 1.82) is 0 Å². The predicted octanol–water partition coefficient (Wildman–Crippen LogP) is 5.06. The second-order valence-corrected chi connectivity index (χ2v) is 8.41. The zero-order chi connectivity index (χ0) is 22.6. The standard InChI is InChI=1S/C27H28N2O4/c1-31-23-11-9-22(10-12-23)28-27(30)20-6-4-19(5-7-20)18-29-14-2-3-24(29)21-8-13-25-26(17-21)33-16-15-32-25/h4-13,17,24H,2-3,14-16,18H2,1H3,(H,28,30)/t24-/m0/s1. The van der Waals surface area contributed by atoms with E-state index in [4.69, 9.17) is 14.2 Å². The van der Waals surface area contributed by atoms with Gasteiger partial charge in [0.2, 0.25) is 0 Å². The first-order valence-corrected chi connectivity index (χ1v) is 11.4. The van der Waals surface area contributed by atoms with Crippen molar-refractivity contribution in [2.24, 2.45) is 0 Å². The molecule has 5 rings (SSSR count). The molecule has 0 aliphatic carbocycles. The number of hydrogen-bond acceptors (Lipinski definition) is 5. The fourth-order valence-corrected chi connectivity index (χ4v) is 4.53. The summed E-state index contributed by atoms with van der Waals surface area (Å²) in [4.78, 5) is 15.1. The number of methoxy groups -OCH3 is 1. The van der Waals surface area contributed by atoms with Crippen molar-refractivity contribution >= 4 is 11.6 Å². The molecule has 2 aliphatic rings. The van der Waals surface area contributed by atoms with Crippen LogP contribution in [-0.2, 0) is 6.54 Å². The second-order valence-electron chi connectivity index (χ2n) is 8.41. The summed E-state index contributed by atoms with van der Waals surface area (Å²) in [5.41, 5.74) is 3.84. The Balaban J connectivity index is 1.23. The molecule has 0 spiro atoms. The van der Waals surface area contributed by atoms with Gasteiger partial charge in [-0.1, -0.05) is 18.2 Å². The lowest BCUT2D eigenvalue weighted by molar-refractivity contribution is 0.102. The zero-order valence-electron chi connectivity index (χ0n) is 18.8. The van der Waals surface area contributed by atoms with E-state index in [0.717, 1.165) is 42.4 Å². The SMILES string of the molecule is COc1ccc(NC(=O)c2ccc(CN3CCC[C@H]3c3ccc4c(c3)OCCO4)cc2)cc1. The van der Waals surface area contributed by atoms with E-state index in [1.165, 1.54) is 17.5 Å². The summed E-state index contributed by atoms with van der Waals surface area (Å²) in [6.45, 7) is 3.11. The van der Waals surface area contributed by atoms with Crippen LogP contribution in [0.5, 0.6) is 17.2 Å². The predicted molar refractivity (Wildman–Crippen MR) is 127 cm³/mol. The molecule has 1 N–H and O–H groups in total. The van der Waals surface area contributed by atoms with Gasteiger partial charge in [-0.05, 0) is 79.0 Å². The zero-order valence-corrected chi connectivity index (χ0v) is 18.8. The van der Waals surface area contributed by atoms with Gasteiger partial charge >= 0.3 is 0 Å². The quantitative estimate of drug-likeness (QED) is 0.576. The van der Waals surface area contributed by atoms with Crippen molar-refractivity contribution in [1.82, 2.24) is 4.90 Å².